The number of carbonyl (C=O) groups excluding carboxylic acids is 1. The Morgan fingerprint density at radius 3 is 2.44 bits per heavy atom. The second kappa shape index (κ2) is 9.07. The van der Waals surface area contributed by atoms with Crippen molar-refractivity contribution in [3.05, 3.63) is 60.4 Å². The third-order valence-electron chi connectivity index (χ3n) is 4.55. The molecule has 2 heterocycles. The van der Waals surface area contributed by atoms with Crippen LogP contribution < -0.4 is 5.32 Å². The molecule has 1 N–H and O–H groups in total. The fourth-order valence-corrected chi connectivity index (χ4v) is 4.41. The molecular formula is C19H24N4O3S. The smallest absolute Gasteiger partial charge is 0.244 e. The molecule has 1 aromatic heterocycles. The number of benzene rings is 1. The average Bonchev–Trinajstić information content (AvgIpc) is 2.70. The minimum atomic E-state index is -3.52. The number of carbonyl (C=O) groups is 1. The minimum Gasteiger partial charge on any atom is -0.355 e. The first-order valence-electron chi connectivity index (χ1n) is 8.99. The molecule has 27 heavy (non-hydrogen) atoms. The van der Waals surface area contributed by atoms with Crippen molar-refractivity contribution in [3.63, 3.8) is 0 Å². The van der Waals surface area contributed by atoms with Crippen LogP contribution in [0.4, 0.5) is 0 Å². The molecule has 144 valence electrons. The van der Waals surface area contributed by atoms with Crippen molar-refractivity contribution >= 4 is 15.9 Å². The van der Waals surface area contributed by atoms with Crippen molar-refractivity contribution in [2.24, 2.45) is 0 Å². The Bertz CT molecular complexity index is 836. The summed E-state index contributed by atoms with van der Waals surface area (Å²) in [7, 11) is -3.52. The molecule has 1 aliphatic heterocycles. The first kappa shape index (κ1) is 19.5. The van der Waals surface area contributed by atoms with Gasteiger partial charge in [0.05, 0.1) is 6.54 Å². The van der Waals surface area contributed by atoms with Crippen molar-refractivity contribution < 1.29 is 13.2 Å². The highest BCUT2D eigenvalue weighted by atomic mass is 32.2. The van der Waals surface area contributed by atoms with E-state index in [1.165, 1.54) is 16.1 Å². The molecule has 0 unspecified atom stereocenters. The van der Waals surface area contributed by atoms with E-state index in [4.69, 9.17) is 0 Å². The molecule has 0 bridgehead atoms. The second-order valence-corrected chi connectivity index (χ2v) is 8.39. The molecule has 0 aliphatic carbocycles. The molecule has 0 atom stereocenters. The highest BCUT2D eigenvalue weighted by molar-refractivity contribution is 7.89. The van der Waals surface area contributed by atoms with Gasteiger partial charge in [-0.15, -0.1) is 0 Å². The summed E-state index contributed by atoms with van der Waals surface area (Å²) >= 11 is 0. The molecule has 2 aromatic rings. The van der Waals surface area contributed by atoms with Gasteiger partial charge >= 0.3 is 0 Å². The number of rotatable bonds is 7. The van der Waals surface area contributed by atoms with Gasteiger partial charge in [-0.25, -0.2) is 8.42 Å². The van der Waals surface area contributed by atoms with Crippen LogP contribution in [0.2, 0.25) is 0 Å². The Balaban J connectivity index is 1.42. The van der Waals surface area contributed by atoms with Gasteiger partial charge in [-0.05, 0) is 24.1 Å². The topological polar surface area (TPSA) is 82.6 Å². The summed E-state index contributed by atoms with van der Waals surface area (Å²) in [6.45, 7) is 2.69. The van der Waals surface area contributed by atoms with Gasteiger partial charge in [-0.3, -0.25) is 14.7 Å². The molecule has 3 rings (SSSR count). The van der Waals surface area contributed by atoms with Gasteiger partial charge in [0.15, 0.2) is 0 Å². The highest BCUT2D eigenvalue weighted by Gasteiger charge is 2.29. The Kier molecular flexibility index (Phi) is 6.54. The van der Waals surface area contributed by atoms with E-state index in [1.807, 2.05) is 35.2 Å². The van der Waals surface area contributed by atoms with E-state index in [2.05, 4.69) is 10.3 Å². The third-order valence-corrected chi connectivity index (χ3v) is 6.43. The van der Waals surface area contributed by atoms with E-state index < -0.39 is 10.0 Å². The molecule has 0 radical (unpaired) electrons. The van der Waals surface area contributed by atoms with Crippen LogP contribution in [0.1, 0.15) is 5.56 Å². The fourth-order valence-electron chi connectivity index (χ4n) is 3.03. The quantitative estimate of drug-likeness (QED) is 0.757. The fraction of sp³-hybridized carbons (Fsp3) is 0.368. The normalized spacial score (nSPS) is 16.1. The SMILES string of the molecule is O=C(CN1CCN(S(=O)(=O)c2cccnc2)CC1)NCCc1ccccc1. The van der Waals surface area contributed by atoms with E-state index >= 15 is 0 Å². The first-order valence-corrected chi connectivity index (χ1v) is 10.4. The van der Waals surface area contributed by atoms with Gasteiger partial charge in [0, 0.05) is 45.1 Å². The zero-order valence-corrected chi connectivity index (χ0v) is 15.9. The summed E-state index contributed by atoms with van der Waals surface area (Å²) in [4.78, 5) is 18.2. The van der Waals surface area contributed by atoms with Crippen LogP contribution in [-0.2, 0) is 21.2 Å². The van der Waals surface area contributed by atoms with Crippen LogP contribution in [0.25, 0.3) is 0 Å². The Labute approximate surface area is 160 Å². The van der Waals surface area contributed by atoms with Gasteiger partial charge < -0.3 is 5.32 Å². The second-order valence-electron chi connectivity index (χ2n) is 6.45. The molecule has 1 saturated heterocycles. The standard InChI is InChI=1S/C19H24N4O3S/c24-19(21-10-8-17-5-2-1-3-6-17)16-22-11-13-23(14-12-22)27(25,26)18-7-4-9-20-15-18/h1-7,9,15H,8,10-14,16H2,(H,21,24). The summed E-state index contributed by atoms with van der Waals surface area (Å²) in [5.74, 6) is -0.0329. The average molecular weight is 388 g/mol. The largest absolute Gasteiger partial charge is 0.355 e. The Morgan fingerprint density at radius 2 is 1.78 bits per heavy atom. The highest BCUT2D eigenvalue weighted by Crippen LogP contribution is 2.16. The maximum Gasteiger partial charge on any atom is 0.244 e. The van der Waals surface area contributed by atoms with Crippen LogP contribution in [0.15, 0.2) is 59.8 Å². The molecule has 0 saturated carbocycles. The van der Waals surface area contributed by atoms with Crippen molar-refractivity contribution in [2.45, 2.75) is 11.3 Å². The van der Waals surface area contributed by atoms with Gasteiger partial charge in [-0.2, -0.15) is 4.31 Å². The molecule has 0 spiro atoms. The van der Waals surface area contributed by atoms with Crippen molar-refractivity contribution in [1.29, 1.82) is 0 Å². The van der Waals surface area contributed by atoms with E-state index in [1.54, 1.807) is 18.3 Å². The minimum absolute atomic E-state index is 0.0329. The monoisotopic (exact) mass is 388 g/mol. The lowest BCUT2D eigenvalue weighted by Gasteiger charge is -2.33. The van der Waals surface area contributed by atoms with Gasteiger partial charge in [0.2, 0.25) is 15.9 Å². The summed E-state index contributed by atoms with van der Waals surface area (Å²) in [5.41, 5.74) is 1.19. The Hall–Kier alpha value is -2.29. The zero-order chi connectivity index (χ0) is 19.1. The molecule has 1 fully saturated rings. The number of piperazine rings is 1. The predicted molar refractivity (Wildman–Crippen MR) is 103 cm³/mol. The van der Waals surface area contributed by atoms with Crippen LogP contribution >= 0.6 is 0 Å². The van der Waals surface area contributed by atoms with Crippen LogP contribution in [0.3, 0.4) is 0 Å². The summed E-state index contributed by atoms with van der Waals surface area (Å²) in [5, 5.41) is 2.93. The lowest BCUT2D eigenvalue weighted by molar-refractivity contribution is -0.122. The lowest BCUT2D eigenvalue weighted by Crippen LogP contribution is -2.51. The molecule has 7 nitrogen and oxygen atoms in total. The van der Waals surface area contributed by atoms with E-state index in [9.17, 15) is 13.2 Å². The summed E-state index contributed by atoms with van der Waals surface area (Å²) < 4.78 is 26.6. The van der Waals surface area contributed by atoms with Crippen molar-refractivity contribution in [1.82, 2.24) is 19.5 Å². The Morgan fingerprint density at radius 1 is 1.04 bits per heavy atom. The van der Waals surface area contributed by atoms with Crippen LogP contribution in [-0.4, -0.2) is 67.8 Å². The van der Waals surface area contributed by atoms with Crippen LogP contribution in [0.5, 0.6) is 0 Å². The van der Waals surface area contributed by atoms with E-state index in [-0.39, 0.29) is 17.3 Å². The van der Waals surface area contributed by atoms with Crippen molar-refractivity contribution in [2.75, 3.05) is 39.3 Å². The predicted octanol–water partition coefficient (Wildman–Crippen LogP) is 0.747. The summed E-state index contributed by atoms with van der Waals surface area (Å²) in [6.07, 6.45) is 3.71. The number of nitrogens with zero attached hydrogens (tertiary/aromatic N) is 3. The lowest BCUT2D eigenvalue weighted by atomic mass is 10.1. The number of nitrogens with one attached hydrogen (secondary N) is 1. The molecular weight excluding hydrogens is 364 g/mol. The number of hydrogen-bond donors (Lipinski definition) is 1. The van der Waals surface area contributed by atoms with Gasteiger partial charge in [0.25, 0.3) is 0 Å². The maximum absolute atomic E-state index is 12.6. The molecule has 8 heteroatoms. The van der Waals surface area contributed by atoms with Gasteiger partial charge in [0.1, 0.15) is 4.90 Å². The van der Waals surface area contributed by atoms with E-state index in [0.29, 0.717) is 32.7 Å². The maximum atomic E-state index is 12.6. The number of pyridine rings is 1. The molecule has 1 aliphatic rings. The van der Waals surface area contributed by atoms with E-state index in [0.717, 1.165) is 6.42 Å². The van der Waals surface area contributed by atoms with Crippen LogP contribution in [0, 0.1) is 0 Å². The first-order chi connectivity index (χ1) is 13.1. The third kappa shape index (κ3) is 5.35. The number of aromatic nitrogens is 1. The zero-order valence-electron chi connectivity index (χ0n) is 15.1. The summed E-state index contributed by atoms with van der Waals surface area (Å²) in [6, 6.07) is 13.2. The number of hydrogen-bond acceptors (Lipinski definition) is 5. The molecule has 1 aromatic carbocycles. The number of amides is 1. The van der Waals surface area contributed by atoms with Gasteiger partial charge in [-0.1, -0.05) is 30.3 Å². The molecule has 1 amide bonds. The van der Waals surface area contributed by atoms with Crippen molar-refractivity contribution in [3.8, 4) is 0 Å². The number of sulfonamides is 1.